The minimum absolute atomic E-state index is 0.608. The van der Waals surface area contributed by atoms with E-state index in [2.05, 4.69) is 4.74 Å². The molecular weight excluding hydrogens is 176 g/mol. The van der Waals surface area contributed by atoms with Crippen LogP contribution in [0.25, 0.3) is 0 Å². The third-order valence-corrected chi connectivity index (χ3v) is 1.60. The van der Waals surface area contributed by atoms with Crippen molar-refractivity contribution < 1.29 is 13.6 Å². The maximum absolute atomic E-state index is 10.8. The fraction of sp³-hybridized carbons (Fsp3) is 0.417. The molecule has 0 aliphatic heterocycles. The molecule has 0 saturated carbocycles. The zero-order valence-electron chi connectivity index (χ0n) is 11.4. The van der Waals surface area contributed by atoms with Gasteiger partial charge in [-0.3, -0.25) is 4.79 Å². The Morgan fingerprint density at radius 3 is 2.79 bits per heavy atom. The van der Waals surface area contributed by atoms with Crippen LogP contribution in [0.1, 0.15) is 23.5 Å². The molecular formula is C12H16O2. The predicted octanol–water partition coefficient (Wildman–Crippen LogP) is 2.43. The van der Waals surface area contributed by atoms with E-state index in [9.17, 15) is 4.79 Å². The van der Waals surface area contributed by atoms with Crippen molar-refractivity contribution >= 4 is 5.97 Å². The maximum Gasteiger partial charge on any atom is 0.302 e. The van der Waals surface area contributed by atoms with Gasteiger partial charge in [0.25, 0.3) is 0 Å². The van der Waals surface area contributed by atoms with E-state index in [1.165, 1.54) is 13.8 Å². The highest BCUT2D eigenvalue weighted by Gasteiger charge is 2.04. The van der Waals surface area contributed by atoms with E-state index in [1.807, 2.05) is 6.07 Å². The lowest BCUT2D eigenvalue weighted by Gasteiger charge is -2.10. The summed E-state index contributed by atoms with van der Waals surface area (Å²) in [6, 6.07) is 8.83. The molecule has 0 spiro atoms. The average molecular weight is 195 g/mol. The molecule has 0 aliphatic carbocycles. The maximum atomic E-state index is 10.8. The Bertz CT molecular complexity index is 379. The molecule has 0 heterocycles. The van der Waals surface area contributed by atoms with Crippen molar-refractivity contribution in [1.29, 1.82) is 0 Å². The molecule has 0 radical (unpaired) electrons. The number of carbonyl (C=O) groups is 1. The van der Waals surface area contributed by atoms with Gasteiger partial charge in [0.05, 0.1) is 7.95 Å². The van der Waals surface area contributed by atoms with Crippen LogP contribution in [0.15, 0.2) is 30.3 Å². The molecule has 0 saturated heterocycles. The third kappa shape index (κ3) is 4.08. The van der Waals surface area contributed by atoms with Crippen molar-refractivity contribution in [2.75, 3.05) is 6.58 Å². The summed E-state index contributed by atoms with van der Waals surface area (Å²) >= 11 is 0. The van der Waals surface area contributed by atoms with Crippen LogP contribution in [-0.2, 0) is 15.9 Å². The van der Waals surface area contributed by atoms with Crippen LogP contribution in [-0.4, -0.2) is 12.6 Å². The normalized spacial score (nSPS) is 22.0. The molecule has 0 fully saturated rings. The summed E-state index contributed by atoms with van der Waals surface area (Å²) in [4.78, 5) is 10.8. The first-order valence-electron chi connectivity index (χ1n) is 6.08. The number of carbonyl (C=O) groups excluding carboxylic acids is 1. The van der Waals surface area contributed by atoms with Gasteiger partial charge in [0.2, 0.25) is 0 Å². The first kappa shape index (κ1) is 7.04. The Morgan fingerprint density at radius 2 is 2.21 bits per heavy atom. The molecule has 0 unspecified atom stereocenters. The van der Waals surface area contributed by atoms with Crippen LogP contribution in [0.4, 0.5) is 0 Å². The van der Waals surface area contributed by atoms with Gasteiger partial charge in [0, 0.05) is 9.67 Å². The molecule has 3 atom stereocenters. The van der Waals surface area contributed by atoms with E-state index in [0.717, 1.165) is 0 Å². The lowest BCUT2D eigenvalue weighted by molar-refractivity contribution is -0.142. The summed E-state index contributed by atoms with van der Waals surface area (Å²) in [5, 5.41) is 0. The summed E-state index contributed by atoms with van der Waals surface area (Å²) in [6.07, 6.45) is -0.939. The minimum Gasteiger partial charge on any atom is -0.466 e. The number of ether oxygens (including phenoxy) is 1. The Balaban J connectivity index is 2.86. The second kappa shape index (κ2) is 5.43. The highest BCUT2D eigenvalue weighted by Crippen LogP contribution is 2.08. The van der Waals surface area contributed by atoms with Gasteiger partial charge in [-0.05, 0) is 17.9 Å². The van der Waals surface area contributed by atoms with Gasteiger partial charge in [-0.2, -0.15) is 0 Å². The van der Waals surface area contributed by atoms with Crippen LogP contribution in [0, 0.1) is 5.89 Å². The molecule has 2 nitrogen and oxygen atoms in total. The highest BCUT2D eigenvalue weighted by atomic mass is 16.5. The van der Waals surface area contributed by atoms with Crippen LogP contribution < -0.4 is 0 Å². The molecule has 0 amide bonds. The van der Waals surface area contributed by atoms with Gasteiger partial charge in [0.1, 0.15) is 0 Å². The molecule has 1 rings (SSSR count). The van der Waals surface area contributed by atoms with Gasteiger partial charge in [-0.25, -0.2) is 0 Å². The summed E-state index contributed by atoms with van der Waals surface area (Å²) in [7, 11) is 0. The van der Waals surface area contributed by atoms with Gasteiger partial charge in [0.15, 0.2) is 0 Å². The smallest absolute Gasteiger partial charge is 0.302 e. The third-order valence-electron chi connectivity index (χ3n) is 1.60. The summed E-state index contributed by atoms with van der Waals surface area (Å²) in [5.74, 6) is -2.11. The molecule has 0 aromatic heterocycles. The SMILES string of the molecule is [2H][C@H](c1ccccc1)[C@]([2H])(C)[C@@H]([2H])OC(C)=O. The Morgan fingerprint density at radius 1 is 1.57 bits per heavy atom. The fourth-order valence-corrected chi connectivity index (χ4v) is 1.02. The van der Waals surface area contributed by atoms with E-state index in [4.69, 9.17) is 4.11 Å². The summed E-state index contributed by atoms with van der Waals surface area (Å²) in [5.41, 5.74) is 0.634. The summed E-state index contributed by atoms with van der Waals surface area (Å²) < 4.78 is 28.3. The Kier molecular flexibility index (Phi) is 2.73. The van der Waals surface area contributed by atoms with Crippen molar-refractivity contribution in [3.8, 4) is 0 Å². The molecule has 76 valence electrons. The molecule has 0 N–H and O–H groups in total. The van der Waals surface area contributed by atoms with Gasteiger partial charge in [-0.15, -0.1) is 0 Å². The van der Waals surface area contributed by atoms with Crippen molar-refractivity contribution in [2.45, 2.75) is 20.2 Å². The lowest BCUT2D eigenvalue weighted by atomic mass is 10.0. The van der Waals surface area contributed by atoms with Crippen LogP contribution >= 0.6 is 0 Å². The second-order valence-electron chi connectivity index (χ2n) is 3.03. The Hall–Kier alpha value is -1.31. The van der Waals surface area contributed by atoms with Crippen molar-refractivity contribution in [3.05, 3.63) is 35.9 Å². The van der Waals surface area contributed by atoms with Gasteiger partial charge >= 0.3 is 5.97 Å². The monoisotopic (exact) mass is 195 g/mol. The molecule has 2 heteroatoms. The van der Waals surface area contributed by atoms with Crippen molar-refractivity contribution in [3.63, 3.8) is 0 Å². The molecule has 0 aliphatic rings. The van der Waals surface area contributed by atoms with Crippen LogP contribution in [0.5, 0.6) is 0 Å². The van der Waals surface area contributed by atoms with E-state index in [0.29, 0.717) is 5.56 Å². The average Bonchev–Trinajstić information content (AvgIpc) is 2.28. The first-order valence-corrected chi connectivity index (χ1v) is 4.42. The van der Waals surface area contributed by atoms with Crippen molar-refractivity contribution in [2.24, 2.45) is 5.89 Å². The van der Waals surface area contributed by atoms with Gasteiger partial charge in [-0.1, -0.05) is 37.3 Å². The molecule has 1 aromatic carbocycles. The van der Waals surface area contributed by atoms with Crippen molar-refractivity contribution in [1.82, 2.24) is 0 Å². The van der Waals surface area contributed by atoms with Gasteiger partial charge < -0.3 is 4.74 Å². The second-order valence-corrected chi connectivity index (χ2v) is 3.03. The quantitative estimate of drug-likeness (QED) is 0.690. The van der Waals surface area contributed by atoms with E-state index in [-0.39, 0.29) is 0 Å². The zero-order chi connectivity index (χ0) is 13.1. The van der Waals surface area contributed by atoms with Crippen LogP contribution in [0.3, 0.4) is 0 Å². The number of benzene rings is 1. The molecule has 1 aromatic rings. The van der Waals surface area contributed by atoms with E-state index in [1.54, 1.807) is 24.3 Å². The lowest BCUT2D eigenvalue weighted by Crippen LogP contribution is -2.11. The standard InChI is InChI=1S/C12H16O2/c1-10(9-14-11(2)13)8-12-6-4-3-5-7-12/h3-7,10H,8-9H2,1-2H3/t10-/m0/s1/i8D,9D,10D/t8-,9+,10-. The fourth-order valence-electron chi connectivity index (χ4n) is 1.02. The van der Waals surface area contributed by atoms with Crippen LogP contribution in [0.2, 0.25) is 0 Å². The Labute approximate surface area is 89.1 Å². The summed E-state index contributed by atoms with van der Waals surface area (Å²) in [6.45, 7) is 1.25. The minimum atomic E-state index is -1.51. The molecule has 0 bridgehead atoms. The topological polar surface area (TPSA) is 26.3 Å². The number of rotatable bonds is 4. The zero-order valence-corrected chi connectivity index (χ0v) is 8.36. The van der Waals surface area contributed by atoms with E-state index < -0.39 is 24.8 Å². The number of esters is 1. The first-order chi connectivity index (χ1) is 7.85. The predicted molar refractivity (Wildman–Crippen MR) is 55.9 cm³/mol. The molecule has 14 heavy (non-hydrogen) atoms. The number of hydrogen-bond donors (Lipinski definition) is 0. The highest BCUT2D eigenvalue weighted by molar-refractivity contribution is 5.65. The number of hydrogen-bond acceptors (Lipinski definition) is 2. The largest absolute Gasteiger partial charge is 0.466 e. The van der Waals surface area contributed by atoms with E-state index >= 15 is 0 Å².